The molecule has 32 heavy (non-hydrogen) atoms. The van der Waals surface area contributed by atoms with Crippen LogP contribution in [0.2, 0.25) is 0 Å². The third-order valence-corrected chi connectivity index (χ3v) is 6.50. The third kappa shape index (κ3) is 2.66. The van der Waals surface area contributed by atoms with E-state index in [1.165, 1.54) is 54.8 Å². The summed E-state index contributed by atoms with van der Waals surface area (Å²) in [6, 6.07) is 36.7. The molecular weight excluding hydrogens is 390 g/mol. The monoisotopic (exact) mass is 413 g/mol. The molecule has 0 bridgehead atoms. The van der Waals surface area contributed by atoms with E-state index in [1.807, 2.05) is 0 Å². The first-order chi connectivity index (χ1) is 15.8. The molecular formula is C30H23NO. The van der Waals surface area contributed by atoms with Gasteiger partial charge in [0, 0.05) is 34.3 Å². The summed E-state index contributed by atoms with van der Waals surface area (Å²) in [6.07, 6.45) is 0. The van der Waals surface area contributed by atoms with Crippen molar-refractivity contribution in [1.82, 2.24) is 4.57 Å². The van der Waals surface area contributed by atoms with Crippen LogP contribution in [0.15, 0.2) is 103 Å². The second-order valence-corrected chi connectivity index (χ2v) is 8.19. The Hall–Kier alpha value is -4.04. The number of aromatic nitrogens is 1. The van der Waals surface area contributed by atoms with Gasteiger partial charge in [-0.25, -0.2) is 0 Å². The quantitative estimate of drug-likeness (QED) is 0.288. The highest BCUT2D eigenvalue weighted by Crippen LogP contribution is 2.47. The summed E-state index contributed by atoms with van der Waals surface area (Å²) in [6.45, 7) is 0. The zero-order valence-corrected chi connectivity index (χ0v) is 18.2. The van der Waals surface area contributed by atoms with Crippen LogP contribution >= 0.6 is 0 Å². The number of rotatable bonds is 3. The fourth-order valence-electron chi connectivity index (χ4n) is 5.08. The Kier molecular flexibility index (Phi) is 4.26. The molecule has 0 aliphatic rings. The van der Waals surface area contributed by atoms with Crippen LogP contribution in [-0.2, 0) is 7.05 Å². The molecule has 5 aromatic carbocycles. The van der Waals surface area contributed by atoms with Gasteiger partial charge >= 0.3 is 0 Å². The molecule has 0 atom stereocenters. The zero-order valence-electron chi connectivity index (χ0n) is 18.2. The fourth-order valence-corrected chi connectivity index (χ4v) is 5.08. The number of para-hydroxylation sites is 1. The number of hydrogen-bond donors (Lipinski definition) is 0. The van der Waals surface area contributed by atoms with Gasteiger partial charge < -0.3 is 9.30 Å². The zero-order chi connectivity index (χ0) is 21.7. The lowest BCUT2D eigenvalue weighted by Crippen LogP contribution is -1.93. The smallest absolute Gasteiger partial charge is 0.118 e. The van der Waals surface area contributed by atoms with Gasteiger partial charge in [-0.3, -0.25) is 0 Å². The first kappa shape index (κ1) is 18.7. The number of benzene rings is 5. The van der Waals surface area contributed by atoms with E-state index in [0.717, 1.165) is 5.75 Å². The Labute approximate surface area is 187 Å². The molecule has 1 heterocycles. The number of aryl methyl sites for hydroxylation is 1. The average molecular weight is 414 g/mol. The number of hydrogen-bond acceptors (Lipinski definition) is 1. The molecule has 0 aliphatic carbocycles. The number of ether oxygens (including phenoxy) is 1. The summed E-state index contributed by atoms with van der Waals surface area (Å²) in [5.74, 6) is 0.866. The Morgan fingerprint density at radius 2 is 1.16 bits per heavy atom. The van der Waals surface area contributed by atoms with Gasteiger partial charge in [-0.1, -0.05) is 84.9 Å². The largest absolute Gasteiger partial charge is 0.497 e. The highest BCUT2D eigenvalue weighted by Gasteiger charge is 2.22. The van der Waals surface area contributed by atoms with E-state index in [2.05, 4.69) is 115 Å². The van der Waals surface area contributed by atoms with Gasteiger partial charge in [0.1, 0.15) is 5.75 Å². The Balaban J connectivity index is 1.91. The van der Waals surface area contributed by atoms with E-state index in [-0.39, 0.29) is 0 Å². The van der Waals surface area contributed by atoms with Crippen LogP contribution in [-0.4, -0.2) is 11.7 Å². The van der Waals surface area contributed by atoms with E-state index in [9.17, 15) is 0 Å². The molecule has 1 aromatic heterocycles. The molecule has 6 aromatic rings. The summed E-state index contributed by atoms with van der Waals surface area (Å²) in [5, 5.41) is 5.12. The lowest BCUT2D eigenvalue weighted by Gasteiger charge is -2.18. The SMILES string of the molecule is COc1ccc(-c2c(-c3ccccc3)c3ccccc3c3c2c2ccccc2n3C)cc1. The van der Waals surface area contributed by atoms with Gasteiger partial charge in [0.15, 0.2) is 0 Å². The maximum atomic E-state index is 5.45. The summed E-state index contributed by atoms with van der Waals surface area (Å²) in [7, 11) is 3.89. The topological polar surface area (TPSA) is 14.2 Å². The minimum absolute atomic E-state index is 0.866. The molecule has 6 rings (SSSR count). The van der Waals surface area contributed by atoms with Crippen LogP contribution < -0.4 is 4.74 Å². The molecule has 0 N–H and O–H groups in total. The molecule has 2 heteroatoms. The van der Waals surface area contributed by atoms with Gasteiger partial charge in [0.25, 0.3) is 0 Å². The van der Waals surface area contributed by atoms with Gasteiger partial charge in [0.05, 0.1) is 12.6 Å². The Morgan fingerprint density at radius 1 is 0.562 bits per heavy atom. The van der Waals surface area contributed by atoms with Crippen molar-refractivity contribution in [3.63, 3.8) is 0 Å². The number of methoxy groups -OCH3 is 1. The van der Waals surface area contributed by atoms with Crippen LogP contribution in [0.25, 0.3) is 54.8 Å². The summed E-state index contributed by atoms with van der Waals surface area (Å²) in [5.41, 5.74) is 7.47. The molecule has 0 fully saturated rings. The van der Waals surface area contributed by atoms with Crippen LogP contribution in [0, 0.1) is 0 Å². The van der Waals surface area contributed by atoms with Gasteiger partial charge in [-0.2, -0.15) is 0 Å². The second-order valence-electron chi connectivity index (χ2n) is 8.19. The number of nitrogens with zero attached hydrogens (tertiary/aromatic N) is 1. The molecule has 0 spiro atoms. The molecule has 0 aliphatic heterocycles. The highest BCUT2D eigenvalue weighted by molar-refractivity contribution is 6.28. The van der Waals surface area contributed by atoms with E-state index in [4.69, 9.17) is 4.74 Å². The molecule has 154 valence electrons. The van der Waals surface area contributed by atoms with E-state index in [1.54, 1.807) is 7.11 Å². The Bertz CT molecular complexity index is 1590. The van der Waals surface area contributed by atoms with Crippen LogP contribution in [0.4, 0.5) is 0 Å². The molecule has 0 saturated heterocycles. The lowest BCUT2D eigenvalue weighted by molar-refractivity contribution is 0.415. The summed E-state index contributed by atoms with van der Waals surface area (Å²) < 4.78 is 7.79. The van der Waals surface area contributed by atoms with Crippen LogP contribution in [0.5, 0.6) is 5.75 Å². The summed E-state index contributed by atoms with van der Waals surface area (Å²) >= 11 is 0. The van der Waals surface area contributed by atoms with Crippen molar-refractivity contribution in [3.05, 3.63) is 103 Å². The van der Waals surface area contributed by atoms with Crippen molar-refractivity contribution in [2.75, 3.05) is 7.11 Å². The van der Waals surface area contributed by atoms with Gasteiger partial charge in [-0.05, 0) is 40.3 Å². The van der Waals surface area contributed by atoms with Crippen LogP contribution in [0.3, 0.4) is 0 Å². The highest BCUT2D eigenvalue weighted by atomic mass is 16.5. The van der Waals surface area contributed by atoms with Crippen molar-refractivity contribution in [1.29, 1.82) is 0 Å². The first-order valence-electron chi connectivity index (χ1n) is 10.9. The van der Waals surface area contributed by atoms with Crippen molar-refractivity contribution < 1.29 is 4.74 Å². The minimum atomic E-state index is 0.866. The Morgan fingerprint density at radius 3 is 1.88 bits per heavy atom. The first-order valence-corrected chi connectivity index (χ1v) is 10.9. The van der Waals surface area contributed by atoms with E-state index < -0.39 is 0 Å². The molecule has 0 saturated carbocycles. The van der Waals surface area contributed by atoms with Crippen molar-refractivity contribution in [3.8, 4) is 28.0 Å². The van der Waals surface area contributed by atoms with Gasteiger partial charge in [0.2, 0.25) is 0 Å². The predicted octanol–water partition coefficient (Wildman–Crippen LogP) is 7.83. The standard InChI is InChI=1S/C30H23NO/c1-31-26-15-9-8-14-25(26)29-28(21-16-18-22(32-2)19-17-21)27(20-10-4-3-5-11-20)23-12-6-7-13-24(23)30(29)31/h3-19H,1-2H3. The molecule has 0 radical (unpaired) electrons. The second kappa shape index (κ2) is 7.28. The average Bonchev–Trinajstić information content (AvgIpc) is 3.16. The van der Waals surface area contributed by atoms with Crippen molar-refractivity contribution >= 4 is 32.6 Å². The molecule has 2 nitrogen and oxygen atoms in total. The van der Waals surface area contributed by atoms with Crippen molar-refractivity contribution in [2.24, 2.45) is 7.05 Å². The van der Waals surface area contributed by atoms with Gasteiger partial charge in [-0.15, -0.1) is 0 Å². The molecule has 0 unspecified atom stereocenters. The number of fused-ring (bicyclic) bond motifs is 5. The normalized spacial score (nSPS) is 11.4. The predicted molar refractivity (Wildman–Crippen MR) is 135 cm³/mol. The van der Waals surface area contributed by atoms with E-state index in [0.29, 0.717) is 0 Å². The maximum absolute atomic E-state index is 5.45. The fraction of sp³-hybridized carbons (Fsp3) is 0.0667. The third-order valence-electron chi connectivity index (χ3n) is 6.50. The maximum Gasteiger partial charge on any atom is 0.118 e. The van der Waals surface area contributed by atoms with E-state index >= 15 is 0 Å². The van der Waals surface area contributed by atoms with Crippen LogP contribution in [0.1, 0.15) is 0 Å². The summed E-state index contributed by atoms with van der Waals surface area (Å²) in [4.78, 5) is 0. The molecule has 0 amide bonds. The van der Waals surface area contributed by atoms with Crippen molar-refractivity contribution in [2.45, 2.75) is 0 Å². The minimum Gasteiger partial charge on any atom is -0.497 e. The lowest BCUT2D eigenvalue weighted by atomic mass is 9.86.